The molecule has 17 heavy (non-hydrogen) atoms. The molecular formula is C16H19N. The van der Waals surface area contributed by atoms with Gasteiger partial charge in [0.1, 0.15) is 0 Å². The molecule has 0 amide bonds. The fourth-order valence-corrected chi connectivity index (χ4v) is 1.71. The minimum absolute atomic E-state index is 0.841. The van der Waals surface area contributed by atoms with Crippen molar-refractivity contribution in [1.29, 1.82) is 0 Å². The zero-order chi connectivity index (χ0) is 12.7. The maximum atomic E-state index is 5.95. The van der Waals surface area contributed by atoms with E-state index in [0.717, 1.165) is 30.5 Å². The first-order valence-corrected chi connectivity index (χ1v) is 5.84. The van der Waals surface area contributed by atoms with Gasteiger partial charge in [0.05, 0.1) is 0 Å². The van der Waals surface area contributed by atoms with Gasteiger partial charge in [0.15, 0.2) is 0 Å². The first-order valence-electron chi connectivity index (χ1n) is 5.84. The lowest BCUT2D eigenvalue weighted by atomic mass is 10.0. The molecule has 0 aliphatic rings. The average Bonchev–Trinajstić information content (AvgIpc) is 2.36. The second kappa shape index (κ2) is 6.60. The van der Waals surface area contributed by atoms with Crippen LogP contribution in [0.4, 0.5) is 5.69 Å². The number of hydrogen-bond donors (Lipinski definition) is 1. The lowest BCUT2D eigenvalue weighted by Gasteiger charge is -2.07. The molecule has 1 aromatic carbocycles. The molecule has 0 spiro atoms. The van der Waals surface area contributed by atoms with Crippen LogP contribution in [0, 0.1) is 0 Å². The number of aryl methyl sites for hydroxylation is 1. The Bertz CT molecular complexity index is 484. The van der Waals surface area contributed by atoms with Crippen LogP contribution in [0.5, 0.6) is 0 Å². The van der Waals surface area contributed by atoms with Gasteiger partial charge >= 0.3 is 0 Å². The van der Waals surface area contributed by atoms with E-state index in [4.69, 9.17) is 5.73 Å². The van der Waals surface area contributed by atoms with Crippen LogP contribution < -0.4 is 5.73 Å². The third-order valence-corrected chi connectivity index (χ3v) is 2.79. The number of nitrogens with two attached hydrogens (primary N) is 1. The summed E-state index contributed by atoms with van der Waals surface area (Å²) >= 11 is 0. The van der Waals surface area contributed by atoms with Crippen molar-refractivity contribution in [2.75, 3.05) is 5.73 Å². The molecule has 0 atom stereocenters. The smallest absolute Gasteiger partial charge is 0.0347 e. The minimum atomic E-state index is 0.841. The molecule has 1 heteroatoms. The van der Waals surface area contributed by atoms with E-state index >= 15 is 0 Å². The molecule has 0 aliphatic heterocycles. The molecule has 88 valence electrons. The second-order valence-corrected chi connectivity index (χ2v) is 3.92. The summed E-state index contributed by atoms with van der Waals surface area (Å²) in [4.78, 5) is 0. The lowest BCUT2D eigenvalue weighted by molar-refractivity contribution is 0.889. The topological polar surface area (TPSA) is 26.0 Å². The van der Waals surface area contributed by atoms with Crippen molar-refractivity contribution in [3.05, 3.63) is 59.5 Å². The largest absolute Gasteiger partial charge is 0.399 e. The summed E-state index contributed by atoms with van der Waals surface area (Å²) in [6, 6.07) is 6.00. The maximum absolute atomic E-state index is 5.95. The number of anilines is 1. The number of nitrogen functional groups attached to an aromatic ring is 1. The fourth-order valence-electron chi connectivity index (χ4n) is 1.71. The first kappa shape index (κ1) is 13.1. The Kier molecular flexibility index (Phi) is 5.10. The van der Waals surface area contributed by atoms with E-state index in [2.05, 4.69) is 37.6 Å². The summed E-state index contributed by atoms with van der Waals surface area (Å²) in [6.45, 7) is 9.43. The molecule has 0 saturated carbocycles. The van der Waals surface area contributed by atoms with Crippen molar-refractivity contribution in [1.82, 2.24) is 0 Å². The Balaban J connectivity index is 2.85. The van der Waals surface area contributed by atoms with Gasteiger partial charge in [-0.25, -0.2) is 0 Å². The van der Waals surface area contributed by atoms with Gasteiger partial charge in [0.25, 0.3) is 0 Å². The molecule has 0 heterocycles. The van der Waals surface area contributed by atoms with Crippen molar-refractivity contribution >= 4 is 11.8 Å². The van der Waals surface area contributed by atoms with E-state index in [-0.39, 0.29) is 0 Å². The Labute approximate surface area is 104 Å². The zero-order valence-corrected chi connectivity index (χ0v) is 10.4. The Morgan fingerprint density at radius 2 is 2.24 bits per heavy atom. The standard InChI is InChI=1S/C16H19N/c1-4-7-13(5-2)8-10-15-12-14(6-3)9-11-16(15)17/h6,9,11-12H,1,3,5,8,10,17H2,2H3. The van der Waals surface area contributed by atoms with E-state index in [9.17, 15) is 0 Å². The predicted octanol–water partition coefficient (Wildman–Crippen LogP) is 4.12. The quantitative estimate of drug-likeness (QED) is 0.592. The number of benzene rings is 1. The average molecular weight is 225 g/mol. The maximum Gasteiger partial charge on any atom is 0.0347 e. The van der Waals surface area contributed by atoms with Crippen molar-refractivity contribution in [3.63, 3.8) is 0 Å². The minimum Gasteiger partial charge on any atom is -0.399 e. The molecule has 1 rings (SSSR count). The Morgan fingerprint density at radius 3 is 2.82 bits per heavy atom. The highest BCUT2D eigenvalue weighted by Gasteiger charge is 2.01. The summed E-state index contributed by atoms with van der Waals surface area (Å²) in [7, 11) is 0. The van der Waals surface area contributed by atoms with Gasteiger partial charge in [-0.3, -0.25) is 0 Å². The van der Waals surface area contributed by atoms with Crippen LogP contribution in [0.2, 0.25) is 0 Å². The second-order valence-electron chi connectivity index (χ2n) is 3.92. The molecule has 0 fully saturated rings. The molecule has 2 N–H and O–H groups in total. The third kappa shape index (κ3) is 3.85. The molecule has 0 bridgehead atoms. The summed E-state index contributed by atoms with van der Waals surface area (Å²) in [5.74, 6) is 0. The van der Waals surface area contributed by atoms with Gasteiger partial charge in [-0.05, 0) is 54.7 Å². The van der Waals surface area contributed by atoms with Gasteiger partial charge in [-0.15, -0.1) is 0 Å². The predicted molar refractivity (Wildman–Crippen MR) is 75.7 cm³/mol. The summed E-state index contributed by atoms with van der Waals surface area (Å²) < 4.78 is 0. The van der Waals surface area contributed by atoms with Gasteiger partial charge in [0.2, 0.25) is 0 Å². The Morgan fingerprint density at radius 1 is 1.47 bits per heavy atom. The van der Waals surface area contributed by atoms with Gasteiger partial charge < -0.3 is 5.73 Å². The number of hydrogen-bond acceptors (Lipinski definition) is 1. The highest BCUT2D eigenvalue weighted by molar-refractivity contribution is 5.56. The van der Waals surface area contributed by atoms with Crippen molar-refractivity contribution in [3.8, 4) is 0 Å². The zero-order valence-electron chi connectivity index (χ0n) is 10.4. The van der Waals surface area contributed by atoms with E-state index in [0.29, 0.717) is 0 Å². The van der Waals surface area contributed by atoms with E-state index in [1.807, 2.05) is 18.2 Å². The molecule has 0 aromatic heterocycles. The van der Waals surface area contributed by atoms with E-state index in [1.54, 1.807) is 0 Å². The molecular weight excluding hydrogens is 206 g/mol. The molecule has 0 radical (unpaired) electrons. The van der Waals surface area contributed by atoms with Crippen LogP contribution >= 0.6 is 0 Å². The highest BCUT2D eigenvalue weighted by Crippen LogP contribution is 2.19. The van der Waals surface area contributed by atoms with Crippen LogP contribution in [0.3, 0.4) is 0 Å². The van der Waals surface area contributed by atoms with Crippen molar-refractivity contribution in [2.24, 2.45) is 0 Å². The van der Waals surface area contributed by atoms with Gasteiger partial charge in [0, 0.05) is 5.69 Å². The van der Waals surface area contributed by atoms with E-state index in [1.165, 1.54) is 11.1 Å². The normalized spacial score (nSPS) is 9.24. The van der Waals surface area contributed by atoms with Gasteiger partial charge in [-0.1, -0.05) is 37.1 Å². The third-order valence-electron chi connectivity index (χ3n) is 2.79. The van der Waals surface area contributed by atoms with E-state index < -0.39 is 0 Å². The Hall–Kier alpha value is -1.94. The monoisotopic (exact) mass is 225 g/mol. The first-order chi connectivity index (χ1) is 8.21. The van der Waals surface area contributed by atoms with Crippen LogP contribution in [0.1, 0.15) is 30.9 Å². The van der Waals surface area contributed by atoms with Gasteiger partial charge in [-0.2, -0.15) is 0 Å². The summed E-state index contributed by atoms with van der Waals surface area (Å²) in [5, 5.41) is 0. The fraction of sp³-hybridized carbons (Fsp3) is 0.250. The van der Waals surface area contributed by atoms with Crippen molar-refractivity contribution in [2.45, 2.75) is 26.2 Å². The highest BCUT2D eigenvalue weighted by atomic mass is 14.6. The molecule has 0 saturated heterocycles. The van der Waals surface area contributed by atoms with Crippen LogP contribution in [0.15, 0.2) is 48.4 Å². The van der Waals surface area contributed by atoms with Crippen LogP contribution in [-0.2, 0) is 6.42 Å². The lowest BCUT2D eigenvalue weighted by Crippen LogP contribution is -1.96. The molecule has 1 nitrogen and oxygen atoms in total. The summed E-state index contributed by atoms with van der Waals surface area (Å²) in [5.41, 5.74) is 16.0. The molecule has 0 aliphatic carbocycles. The van der Waals surface area contributed by atoms with Crippen LogP contribution in [0.25, 0.3) is 6.08 Å². The number of rotatable bonds is 5. The SMILES string of the molecule is C=C=C=C(CC)CCc1cc(C=C)ccc1N. The molecule has 0 unspecified atom stereocenters. The van der Waals surface area contributed by atoms with Crippen LogP contribution in [-0.4, -0.2) is 0 Å². The molecule has 1 aromatic rings. The summed E-state index contributed by atoms with van der Waals surface area (Å²) in [6.07, 6.45) is 4.68. The number of allylic oxidation sites excluding steroid dienone is 1. The van der Waals surface area contributed by atoms with Crippen molar-refractivity contribution < 1.29 is 0 Å².